The second-order valence-electron chi connectivity index (χ2n) is 4.82. The van der Waals surface area contributed by atoms with E-state index in [1.807, 2.05) is 6.07 Å². The van der Waals surface area contributed by atoms with Gasteiger partial charge in [-0.25, -0.2) is 9.97 Å². The van der Waals surface area contributed by atoms with Crippen LogP contribution in [0.2, 0.25) is 0 Å². The van der Waals surface area contributed by atoms with Crippen LogP contribution in [0.15, 0.2) is 12.4 Å². The number of hydrogen-bond donors (Lipinski definition) is 1. The van der Waals surface area contributed by atoms with Crippen LogP contribution in [-0.2, 0) is 0 Å². The van der Waals surface area contributed by atoms with E-state index in [9.17, 15) is 0 Å². The van der Waals surface area contributed by atoms with Gasteiger partial charge in [0.05, 0.1) is 7.11 Å². The van der Waals surface area contributed by atoms with E-state index < -0.39 is 0 Å². The highest BCUT2D eigenvalue weighted by Crippen LogP contribution is 2.37. The average molecular weight is 221 g/mol. The largest absolute Gasteiger partial charge is 0.481 e. The fourth-order valence-corrected chi connectivity index (χ4v) is 2.26. The lowest BCUT2D eigenvalue weighted by atomic mass is 9.89. The molecule has 1 heterocycles. The highest BCUT2D eigenvalue weighted by molar-refractivity contribution is 5.37. The molecule has 0 saturated heterocycles. The van der Waals surface area contributed by atoms with Crippen molar-refractivity contribution in [3.05, 3.63) is 12.4 Å². The molecule has 4 nitrogen and oxygen atoms in total. The lowest BCUT2D eigenvalue weighted by Crippen LogP contribution is -2.23. The highest BCUT2D eigenvalue weighted by atomic mass is 16.5. The standard InChI is InChI=1S/C12H19N3O/c1-12(5-3-4-6-12)8-13-10-7-11(16-2)15-9-14-10/h7,9H,3-6,8H2,1-2H3,(H,13,14,15). The summed E-state index contributed by atoms with van der Waals surface area (Å²) in [6.45, 7) is 3.32. The maximum atomic E-state index is 5.06. The maximum Gasteiger partial charge on any atom is 0.218 e. The fourth-order valence-electron chi connectivity index (χ4n) is 2.26. The third-order valence-electron chi connectivity index (χ3n) is 3.36. The summed E-state index contributed by atoms with van der Waals surface area (Å²) >= 11 is 0. The zero-order valence-corrected chi connectivity index (χ0v) is 9.99. The van der Waals surface area contributed by atoms with Crippen LogP contribution < -0.4 is 10.1 Å². The Labute approximate surface area is 96.4 Å². The summed E-state index contributed by atoms with van der Waals surface area (Å²) in [5.41, 5.74) is 0.429. The van der Waals surface area contributed by atoms with Gasteiger partial charge < -0.3 is 10.1 Å². The molecular weight excluding hydrogens is 202 g/mol. The number of ether oxygens (including phenoxy) is 1. The van der Waals surface area contributed by atoms with Crippen LogP contribution in [-0.4, -0.2) is 23.6 Å². The lowest BCUT2D eigenvalue weighted by molar-refractivity contribution is 0.361. The van der Waals surface area contributed by atoms with Gasteiger partial charge in [0.25, 0.3) is 0 Å². The number of rotatable bonds is 4. The third-order valence-corrected chi connectivity index (χ3v) is 3.36. The molecule has 1 aliphatic carbocycles. The quantitative estimate of drug-likeness (QED) is 0.848. The molecule has 4 heteroatoms. The second-order valence-corrected chi connectivity index (χ2v) is 4.82. The topological polar surface area (TPSA) is 47.0 Å². The first-order chi connectivity index (χ1) is 7.72. The van der Waals surface area contributed by atoms with E-state index in [4.69, 9.17) is 4.74 Å². The first-order valence-corrected chi connectivity index (χ1v) is 5.82. The minimum absolute atomic E-state index is 0.429. The molecule has 2 rings (SSSR count). The van der Waals surface area contributed by atoms with Crippen LogP contribution in [0.5, 0.6) is 5.88 Å². The van der Waals surface area contributed by atoms with E-state index in [1.54, 1.807) is 7.11 Å². The van der Waals surface area contributed by atoms with Crippen LogP contribution in [0.4, 0.5) is 5.82 Å². The molecule has 16 heavy (non-hydrogen) atoms. The number of nitrogens with zero attached hydrogens (tertiary/aromatic N) is 2. The smallest absolute Gasteiger partial charge is 0.218 e. The monoisotopic (exact) mass is 221 g/mol. The second kappa shape index (κ2) is 4.68. The van der Waals surface area contributed by atoms with Crippen LogP contribution >= 0.6 is 0 Å². The Morgan fingerprint density at radius 3 is 2.81 bits per heavy atom. The van der Waals surface area contributed by atoms with Gasteiger partial charge in [0, 0.05) is 12.6 Å². The average Bonchev–Trinajstić information content (AvgIpc) is 2.75. The Kier molecular flexibility index (Phi) is 3.27. The molecule has 1 aromatic heterocycles. The Hall–Kier alpha value is -1.32. The summed E-state index contributed by atoms with van der Waals surface area (Å²) in [7, 11) is 1.62. The summed E-state index contributed by atoms with van der Waals surface area (Å²) < 4.78 is 5.06. The Bertz CT molecular complexity index is 348. The molecule has 1 fully saturated rings. The minimum Gasteiger partial charge on any atom is -0.481 e. The van der Waals surface area contributed by atoms with E-state index in [-0.39, 0.29) is 0 Å². The first-order valence-electron chi connectivity index (χ1n) is 5.82. The fraction of sp³-hybridized carbons (Fsp3) is 0.667. The molecule has 1 N–H and O–H groups in total. The number of anilines is 1. The molecule has 88 valence electrons. The molecule has 0 radical (unpaired) electrons. The van der Waals surface area contributed by atoms with E-state index in [0.717, 1.165) is 12.4 Å². The molecule has 0 aromatic carbocycles. The van der Waals surface area contributed by atoms with Crippen LogP contribution in [0, 0.1) is 5.41 Å². The molecule has 0 spiro atoms. The molecule has 1 saturated carbocycles. The first kappa shape index (κ1) is 11.2. The third kappa shape index (κ3) is 2.62. The molecular formula is C12H19N3O. The van der Waals surface area contributed by atoms with Crippen molar-refractivity contribution < 1.29 is 4.74 Å². The van der Waals surface area contributed by atoms with Crippen molar-refractivity contribution in [1.29, 1.82) is 0 Å². The SMILES string of the molecule is COc1cc(NCC2(C)CCCC2)ncn1. The lowest BCUT2D eigenvalue weighted by Gasteiger charge is -2.23. The van der Waals surface area contributed by atoms with Crippen LogP contribution in [0.3, 0.4) is 0 Å². The van der Waals surface area contributed by atoms with Gasteiger partial charge in [-0.15, -0.1) is 0 Å². The summed E-state index contributed by atoms with van der Waals surface area (Å²) in [5, 5.41) is 3.37. The molecule has 0 unspecified atom stereocenters. The normalized spacial score (nSPS) is 18.4. The van der Waals surface area contributed by atoms with Gasteiger partial charge in [-0.2, -0.15) is 0 Å². The Morgan fingerprint density at radius 2 is 2.12 bits per heavy atom. The zero-order chi connectivity index (χ0) is 11.4. The van der Waals surface area contributed by atoms with Gasteiger partial charge in [0.1, 0.15) is 12.1 Å². The minimum atomic E-state index is 0.429. The molecule has 0 atom stereocenters. The Morgan fingerprint density at radius 1 is 1.38 bits per heavy atom. The zero-order valence-electron chi connectivity index (χ0n) is 9.99. The van der Waals surface area contributed by atoms with Crippen molar-refractivity contribution in [2.24, 2.45) is 5.41 Å². The summed E-state index contributed by atoms with van der Waals surface area (Å²) in [6, 6.07) is 1.83. The van der Waals surface area contributed by atoms with Crippen molar-refractivity contribution in [2.45, 2.75) is 32.6 Å². The molecule has 0 aliphatic heterocycles. The Balaban J connectivity index is 1.93. The predicted molar refractivity (Wildman–Crippen MR) is 63.6 cm³/mol. The summed E-state index contributed by atoms with van der Waals surface area (Å²) in [5.74, 6) is 1.45. The number of hydrogen-bond acceptors (Lipinski definition) is 4. The van der Waals surface area contributed by atoms with Gasteiger partial charge in [-0.3, -0.25) is 0 Å². The summed E-state index contributed by atoms with van der Waals surface area (Å²) in [4.78, 5) is 8.16. The van der Waals surface area contributed by atoms with Crippen molar-refractivity contribution in [3.8, 4) is 5.88 Å². The molecule has 0 bridgehead atoms. The van der Waals surface area contributed by atoms with Gasteiger partial charge >= 0.3 is 0 Å². The molecule has 1 aromatic rings. The van der Waals surface area contributed by atoms with E-state index in [1.165, 1.54) is 32.0 Å². The van der Waals surface area contributed by atoms with Gasteiger partial charge in [0.2, 0.25) is 5.88 Å². The van der Waals surface area contributed by atoms with Crippen LogP contribution in [0.1, 0.15) is 32.6 Å². The predicted octanol–water partition coefficient (Wildman–Crippen LogP) is 2.48. The van der Waals surface area contributed by atoms with Gasteiger partial charge in [-0.1, -0.05) is 19.8 Å². The van der Waals surface area contributed by atoms with Crippen molar-refractivity contribution in [1.82, 2.24) is 9.97 Å². The maximum absolute atomic E-state index is 5.06. The van der Waals surface area contributed by atoms with Crippen molar-refractivity contribution >= 4 is 5.82 Å². The van der Waals surface area contributed by atoms with Crippen LogP contribution in [0.25, 0.3) is 0 Å². The molecule has 1 aliphatic rings. The highest BCUT2D eigenvalue weighted by Gasteiger charge is 2.28. The summed E-state index contributed by atoms with van der Waals surface area (Å²) in [6.07, 6.45) is 6.85. The molecule has 0 amide bonds. The number of nitrogens with one attached hydrogen (secondary N) is 1. The number of aromatic nitrogens is 2. The van der Waals surface area contributed by atoms with Gasteiger partial charge in [-0.05, 0) is 18.3 Å². The van der Waals surface area contributed by atoms with Crippen molar-refractivity contribution in [2.75, 3.05) is 19.0 Å². The van der Waals surface area contributed by atoms with E-state index in [0.29, 0.717) is 11.3 Å². The van der Waals surface area contributed by atoms with Gasteiger partial charge in [0.15, 0.2) is 0 Å². The van der Waals surface area contributed by atoms with E-state index >= 15 is 0 Å². The number of methoxy groups -OCH3 is 1. The van der Waals surface area contributed by atoms with E-state index in [2.05, 4.69) is 22.2 Å². The van der Waals surface area contributed by atoms with Crippen molar-refractivity contribution in [3.63, 3.8) is 0 Å².